The molecule has 0 spiro atoms. The molecule has 1 aromatic heterocycles. The van der Waals surface area contributed by atoms with Crippen LogP contribution in [0.4, 0.5) is 0 Å². The Kier molecular flexibility index (Phi) is 5.40. The smallest absolute Gasteiger partial charge is 0.252 e. The normalized spacial score (nSPS) is 12.5. The van der Waals surface area contributed by atoms with Crippen molar-refractivity contribution in [2.75, 3.05) is 6.26 Å². The fourth-order valence-corrected chi connectivity index (χ4v) is 5.16. The van der Waals surface area contributed by atoms with E-state index in [9.17, 15) is 13.2 Å². The molecule has 30 heavy (non-hydrogen) atoms. The second-order valence-corrected chi connectivity index (χ2v) is 10.1. The number of carbonyl (C=O) groups excluding carboxylic acids is 1. The van der Waals surface area contributed by atoms with E-state index < -0.39 is 9.84 Å². The zero-order chi connectivity index (χ0) is 21.3. The summed E-state index contributed by atoms with van der Waals surface area (Å²) in [6.45, 7) is 4.25. The van der Waals surface area contributed by atoms with Gasteiger partial charge < -0.3 is 4.57 Å². The van der Waals surface area contributed by atoms with Gasteiger partial charge in [-0.05, 0) is 34.5 Å². The van der Waals surface area contributed by atoms with Crippen molar-refractivity contribution in [3.05, 3.63) is 83.7 Å². The molecule has 3 aromatic carbocycles. The molecule has 0 bridgehead atoms. The van der Waals surface area contributed by atoms with Crippen LogP contribution in [0.15, 0.2) is 83.2 Å². The number of amides is 1. The van der Waals surface area contributed by atoms with Crippen LogP contribution >= 0.6 is 11.3 Å². The lowest BCUT2D eigenvalue weighted by Gasteiger charge is -2.03. The summed E-state index contributed by atoms with van der Waals surface area (Å²) in [5, 5.41) is 2.21. The molecule has 4 rings (SSSR count). The number of aromatic nitrogens is 1. The molecular weight excluding hydrogens is 416 g/mol. The first-order valence-electron chi connectivity index (χ1n) is 9.35. The zero-order valence-corrected chi connectivity index (χ0v) is 18.0. The summed E-state index contributed by atoms with van der Waals surface area (Å²) in [7, 11) is -3.31. The van der Waals surface area contributed by atoms with Gasteiger partial charge in [0.25, 0.3) is 5.91 Å². The third-order valence-electron chi connectivity index (χ3n) is 4.78. The highest BCUT2D eigenvalue weighted by molar-refractivity contribution is 7.90. The largest absolute Gasteiger partial charge is 0.313 e. The van der Waals surface area contributed by atoms with Gasteiger partial charge in [0.2, 0.25) is 0 Å². The second-order valence-electron chi connectivity index (χ2n) is 7.05. The lowest BCUT2D eigenvalue weighted by molar-refractivity contribution is -0.117. The molecule has 5 nitrogen and oxygen atoms in total. The summed E-state index contributed by atoms with van der Waals surface area (Å²) in [6.07, 6.45) is 3.10. The molecule has 0 aliphatic rings. The van der Waals surface area contributed by atoms with Crippen molar-refractivity contribution in [3.63, 3.8) is 0 Å². The first-order valence-corrected chi connectivity index (χ1v) is 12.1. The maximum Gasteiger partial charge on any atom is 0.252 e. The zero-order valence-electron chi connectivity index (χ0n) is 16.4. The minimum Gasteiger partial charge on any atom is -0.313 e. The molecule has 0 radical (unpaired) electrons. The van der Waals surface area contributed by atoms with Gasteiger partial charge >= 0.3 is 0 Å². The Hall–Kier alpha value is -3.03. The molecule has 0 aliphatic heterocycles. The SMILES string of the molecule is C=CCn1c(=NC(=O)Cc2ccc3ccccc3c2)sc2cc(S(C)(=O)=O)ccc21. The number of thiazole rings is 1. The van der Waals surface area contributed by atoms with Gasteiger partial charge in [-0.15, -0.1) is 6.58 Å². The van der Waals surface area contributed by atoms with Crippen LogP contribution in [-0.2, 0) is 27.6 Å². The van der Waals surface area contributed by atoms with E-state index in [0.29, 0.717) is 11.3 Å². The van der Waals surface area contributed by atoms with Crippen LogP contribution in [0.3, 0.4) is 0 Å². The van der Waals surface area contributed by atoms with Crippen molar-refractivity contribution in [1.29, 1.82) is 0 Å². The summed E-state index contributed by atoms with van der Waals surface area (Å²) < 4.78 is 26.4. The minimum atomic E-state index is -3.31. The monoisotopic (exact) mass is 436 g/mol. The van der Waals surface area contributed by atoms with Gasteiger partial charge in [0, 0.05) is 12.8 Å². The fourth-order valence-electron chi connectivity index (χ4n) is 3.34. The van der Waals surface area contributed by atoms with E-state index in [0.717, 1.165) is 26.6 Å². The molecular formula is C23H20N2O3S2. The van der Waals surface area contributed by atoms with Gasteiger partial charge in [0.1, 0.15) is 0 Å². The first kappa shape index (κ1) is 20.3. The molecule has 0 unspecified atom stereocenters. The average molecular weight is 437 g/mol. The Balaban J connectivity index is 1.73. The highest BCUT2D eigenvalue weighted by atomic mass is 32.2. The van der Waals surface area contributed by atoms with Gasteiger partial charge in [0.15, 0.2) is 14.6 Å². The molecule has 0 fully saturated rings. The van der Waals surface area contributed by atoms with Gasteiger partial charge in [-0.2, -0.15) is 4.99 Å². The Bertz CT molecular complexity index is 1460. The van der Waals surface area contributed by atoms with E-state index in [1.807, 2.05) is 47.0 Å². The average Bonchev–Trinajstić information content (AvgIpc) is 3.04. The third kappa shape index (κ3) is 4.13. The van der Waals surface area contributed by atoms with Crippen LogP contribution < -0.4 is 4.80 Å². The highest BCUT2D eigenvalue weighted by Gasteiger charge is 2.12. The number of fused-ring (bicyclic) bond motifs is 2. The standard InChI is InChI=1S/C23H20N2O3S2/c1-3-12-25-20-11-10-19(30(2,27)28)15-21(20)29-23(25)24-22(26)14-16-8-9-17-6-4-5-7-18(17)13-16/h3-11,13,15H,1,12,14H2,2H3. The van der Waals surface area contributed by atoms with Crippen molar-refractivity contribution >= 4 is 48.1 Å². The molecule has 0 saturated heterocycles. The van der Waals surface area contributed by atoms with E-state index in [-0.39, 0.29) is 17.2 Å². The summed E-state index contributed by atoms with van der Waals surface area (Å²) in [5.41, 5.74) is 1.72. The third-order valence-corrected chi connectivity index (χ3v) is 6.94. The van der Waals surface area contributed by atoms with Crippen molar-refractivity contribution in [3.8, 4) is 0 Å². The number of hydrogen-bond donors (Lipinski definition) is 0. The van der Waals surface area contributed by atoms with Gasteiger partial charge in [-0.25, -0.2) is 8.42 Å². The van der Waals surface area contributed by atoms with Crippen LogP contribution in [0.1, 0.15) is 5.56 Å². The second kappa shape index (κ2) is 8.01. The number of hydrogen-bond acceptors (Lipinski definition) is 4. The predicted molar refractivity (Wildman–Crippen MR) is 121 cm³/mol. The van der Waals surface area contributed by atoms with E-state index in [4.69, 9.17) is 0 Å². The lowest BCUT2D eigenvalue weighted by Crippen LogP contribution is -2.16. The molecule has 0 N–H and O–H groups in total. The predicted octanol–water partition coefficient (Wildman–Crippen LogP) is 4.12. The van der Waals surface area contributed by atoms with Gasteiger partial charge in [-0.3, -0.25) is 4.79 Å². The summed E-state index contributed by atoms with van der Waals surface area (Å²) in [4.78, 5) is 17.8. The van der Waals surface area contributed by atoms with Crippen LogP contribution in [0.2, 0.25) is 0 Å². The van der Waals surface area contributed by atoms with E-state index >= 15 is 0 Å². The molecule has 0 aliphatic carbocycles. The maximum atomic E-state index is 12.7. The number of carbonyl (C=O) groups is 1. The fraction of sp³-hybridized carbons (Fsp3) is 0.130. The maximum absolute atomic E-state index is 12.7. The van der Waals surface area contributed by atoms with E-state index in [1.165, 1.54) is 17.6 Å². The van der Waals surface area contributed by atoms with Crippen molar-refractivity contribution in [1.82, 2.24) is 4.57 Å². The Morgan fingerprint density at radius 3 is 2.60 bits per heavy atom. The number of rotatable bonds is 5. The number of sulfone groups is 1. The van der Waals surface area contributed by atoms with Crippen LogP contribution in [0.5, 0.6) is 0 Å². The molecule has 0 saturated carbocycles. The number of allylic oxidation sites excluding steroid dienone is 1. The summed E-state index contributed by atoms with van der Waals surface area (Å²) in [6, 6.07) is 18.9. The first-order chi connectivity index (χ1) is 14.3. The minimum absolute atomic E-state index is 0.196. The molecule has 4 aromatic rings. The lowest BCUT2D eigenvalue weighted by atomic mass is 10.1. The Morgan fingerprint density at radius 1 is 1.10 bits per heavy atom. The molecule has 0 atom stereocenters. The molecule has 1 amide bonds. The molecule has 1 heterocycles. The van der Waals surface area contributed by atoms with Crippen molar-refractivity contribution in [2.24, 2.45) is 4.99 Å². The summed E-state index contributed by atoms with van der Waals surface area (Å²) >= 11 is 1.30. The number of nitrogens with zero attached hydrogens (tertiary/aromatic N) is 2. The highest BCUT2D eigenvalue weighted by Crippen LogP contribution is 2.22. The van der Waals surface area contributed by atoms with Crippen LogP contribution in [-0.4, -0.2) is 25.1 Å². The summed E-state index contributed by atoms with van der Waals surface area (Å²) in [5.74, 6) is -0.252. The number of benzene rings is 3. The van der Waals surface area contributed by atoms with Gasteiger partial charge in [-0.1, -0.05) is 59.9 Å². The molecule has 7 heteroatoms. The Labute approximate surface area is 178 Å². The van der Waals surface area contributed by atoms with Crippen molar-refractivity contribution < 1.29 is 13.2 Å². The van der Waals surface area contributed by atoms with E-state index in [1.54, 1.807) is 24.3 Å². The Morgan fingerprint density at radius 2 is 1.87 bits per heavy atom. The van der Waals surface area contributed by atoms with Gasteiger partial charge in [0.05, 0.1) is 21.5 Å². The quantitative estimate of drug-likeness (QED) is 0.442. The van der Waals surface area contributed by atoms with Crippen molar-refractivity contribution in [2.45, 2.75) is 17.9 Å². The molecule has 152 valence electrons. The van der Waals surface area contributed by atoms with Crippen LogP contribution in [0, 0.1) is 0 Å². The van der Waals surface area contributed by atoms with Crippen LogP contribution in [0.25, 0.3) is 21.0 Å². The topological polar surface area (TPSA) is 68.5 Å². The van der Waals surface area contributed by atoms with E-state index in [2.05, 4.69) is 11.6 Å².